The van der Waals surface area contributed by atoms with Crippen LogP contribution in [0.5, 0.6) is 0 Å². The number of hydrogen-bond acceptors (Lipinski definition) is 4. The Morgan fingerprint density at radius 3 is 2.91 bits per heavy atom. The van der Waals surface area contributed by atoms with Crippen molar-refractivity contribution in [2.75, 3.05) is 13.1 Å². The van der Waals surface area contributed by atoms with Crippen LogP contribution >= 0.6 is 11.3 Å². The summed E-state index contributed by atoms with van der Waals surface area (Å²) >= 11 is 1.53. The van der Waals surface area contributed by atoms with E-state index in [0.29, 0.717) is 18.8 Å². The number of fused-ring (bicyclic) bond motifs is 1. The quantitative estimate of drug-likeness (QED) is 0.787. The number of rotatable bonds is 2. The molecule has 1 aliphatic heterocycles. The van der Waals surface area contributed by atoms with Gasteiger partial charge in [-0.25, -0.2) is 4.98 Å². The Hall–Kier alpha value is -2.18. The molecule has 0 saturated carbocycles. The van der Waals surface area contributed by atoms with Crippen LogP contribution in [-0.4, -0.2) is 39.3 Å². The third kappa shape index (κ3) is 2.12. The third-order valence-corrected chi connectivity index (χ3v) is 5.14. The molecular formula is C16H16N4OS. The van der Waals surface area contributed by atoms with Gasteiger partial charge in [-0.15, -0.1) is 11.3 Å². The second-order valence-corrected chi connectivity index (χ2v) is 6.50. The van der Waals surface area contributed by atoms with Gasteiger partial charge >= 0.3 is 0 Å². The molecule has 1 aliphatic rings. The highest BCUT2D eigenvalue weighted by atomic mass is 32.1. The predicted molar refractivity (Wildman–Crippen MR) is 86.1 cm³/mol. The second-order valence-electron chi connectivity index (χ2n) is 5.61. The molecule has 1 saturated heterocycles. The van der Waals surface area contributed by atoms with Gasteiger partial charge in [-0.05, 0) is 5.56 Å². The number of aromatic nitrogens is 2. The molecule has 0 radical (unpaired) electrons. The van der Waals surface area contributed by atoms with Gasteiger partial charge in [-0.3, -0.25) is 9.20 Å². The Morgan fingerprint density at radius 1 is 1.27 bits per heavy atom. The number of carbonyl (C=O) groups excluding carboxylic acids is 1. The molecule has 1 amide bonds. The summed E-state index contributed by atoms with van der Waals surface area (Å²) < 4.78 is 1.84. The summed E-state index contributed by atoms with van der Waals surface area (Å²) in [6.45, 7) is 1.25. The number of benzene rings is 1. The van der Waals surface area contributed by atoms with Gasteiger partial charge < -0.3 is 10.6 Å². The Balaban J connectivity index is 1.59. The van der Waals surface area contributed by atoms with E-state index in [2.05, 4.69) is 17.1 Å². The summed E-state index contributed by atoms with van der Waals surface area (Å²) in [6, 6.07) is 10.2. The van der Waals surface area contributed by atoms with Gasteiger partial charge in [0, 0.05) is 30.4 Å². The van der Waals surface area contributed by atoms with Gasteiger partial charge in [0.25, 0.3) is 5.91 Å². The molecule has 3 heterocycles. The Morgan fingerprint density at radius 2 is 2.09 bits per heavy atom. The molecule has 0 spiro atoms. The summed E-state index contributed by atoms with van der Waals surface area (Å²) in [5.74, 6) is 0.222. The standard InChI is InChI=1S/C16H16N4OS/c17-13-8-19(7-12(13)11-4-2-1-3-5-11)16(21)14-9-22-15-6-18-10-20(14)15/h1-6,9-10,12-13H,7-8,17H2/t12-,13+/m0/s1. The fraction of sp³-hybridized carbons (Fsp3) is 0.250. The van der Waals surface area contributed by atoms with Crippen molar-refractivity contribution >= 4 is 22.1 Å². The molecule has 1 fully saturated rings. The maximum absolute atomic E-state index is 12.8. The number of imidazole rings is 1. The van der Waals surface area contributed by atoms with Crippen molar-refractivity contribution < 1.29 is 4.79 Å². The van der Waals surface area contributed by atoms with E-state index in [1.54, 1.807) is 12.5 Å². The topological polar surface area (TPSA) is 63.6 Å². The number of hydrogen-bond donors (Lipinski definition) is 1. The molecule has 5 nitrogen and oxygen atoms in total. The summed E-state index contributed by atoms with van der Waals surface area (Å²) in [5, 5.41) is 1.89. The van der Waals surface area contributed by atoms with E-state index >= 15 is 0 Å². The summed E-state index contributed by atoms with van der Waals surface area (Å²) in [6.07, 6.45) is 3.45. The predicted octanol–water partition coefficient (Wildman–Crippen LogP) is 1.96. The molecule has 22 heavy (non-hydrogen) atoms. The lowest BCUT2D eigenvalue weighted by Gasteiger charge is -2.16. The van der Waals surface area contributed by atoms with Gasteiger partial charge in [0.2, 0.25) is 0 Å². The van der Waals surface area contributed by atoms with Crippen molar-refractivity contribution in [3.05, 3.63) is 59.5 Å². The van der Waals surface area contributed by atoms with Gasteiger partial charge in [-0.1, -0.05) is 30.3 Å². The maximum Gasteiger partial charge on any atom is 0.271 e. The molecular weight excluding hydrogens is 296 g/mol. The largest absolute Gasteiger partial charge is 0.335 e. The Bertz CT molecular complexity index is 810. The van der Waals surface area contributed by atoms with Crippen molar-refractivity contribution in [3.63, 3.8) is 0 Å². The van der Waals surface area contributed by atoms with Crippen LogP contribution < -0.4 is 5.73 Å². The molecule has 3 aromatic rings. The number of nitrogens with zero attached hydrogens (tertiary/aromatic N) is 3. The van der Waals surface area contributed by atoms with Crippen molar-refractivity contribution in [3.8, 4) is 0 Å². The molecule has 0 aliphatic carbocycles. The number of carbonyl (C=O) groups is 1. The Labute approximate surface area is 132 Å². The van der Waals surface area contributed by atoms with E-state index in [4.69, 9.17) is 5.73 Å². The minimum atomic E-state index is -0.0248. The fourth-order valence-corrected chi connectivity index (χ4v) is 3.91. The van der Waals surface area contributed by atoms with E-state index in [1.807, 2.05) is 32.9 Å². The monoisotopic (exact) mass is 312 g/mol. The van der Waals surface area contributed by atoms with Crippen molar-refractivity contribution in [2.45, 2.75) is 12.0 Å². The lowest BCUT2D eigenvalue weighted by Crippen LogP contribution is -2.32. The van der Waals surface area contributed by atoms with Crippen LogP contribution in [0.15, 0.2) is 48.2 Å². The normalized spacial score (nSPS) is 21.6. The van der Waals surface area contributed by atoms with Crippen molar-refractivity contribution in [2.24, 2.45) is 5.73 Å². The van der Waals surface area contributed by atoms with Crippen LogP contribution in [0.25, 0.3) is 4.83 Å². The van der Waals surface area contributed by atoms with Gasteiger partial charge in [0.05, 0.1) is 6.20 Å². The number of amides is 1. The third-order valence-electron chi connectivity index (χ3n) is 4.25. The summed E-state index contributed by atoms with van der Waals surface area (Å²) in [5.41, 5.74) is 8.14. The first-order chi connectivity index (χ1) is 10.7. The Kier molecular flexibility index (Phi) is 3.20. The molecule has 2 atom stereocenters. The first-order valence-electron chi connectivity index (χ1n) is 7.23. The summed E-state index contributed by atoms with van der Waals surface area (Å²) in [4.78, 5) is 19.7. The van der Waals surface area contributed by atoms with Gasteiger partial charge in [-0.2, -0.15) is 0 Å². The first-order valence-corrected chi connectivity index (χ1v) is 8.11. The van der Waals surface area contributed by atoms with Crippen LogP contribution in [0.3, 0.4) is 0 Å². The SMILES string of the molecule is N[C@@H]1CN(C(=O)c2csc3cncn23)C[C@H]1c1ccccc1. The number of likely N-dealkylation sites (tertiary alicyclic amines) is 1. The molecule has 2 N–H and O–H groups in total. The van der Waals surface area contributed by atoms with E-state index in [0.717, 1.165) is 4.83 Å². The average molecular weight is 312 g/mol. The lowest BCUT2D eigenvalue weighted by atomic mass is 9.95. The van der Waals surface area contributed by atoms with Gasteiger partial charge in [0.15, 0.2) is 0 Å². The highest BCUT2D eigenvalue weighted by molar-refractivity contribution is 7.15. The molecule has 0 bridgehead atoms. The second kappa shape index (κ2) is 5.23. The minimum absolute atomic E-state index is 0.0248. The molecule has 1 aromatic carbocycles. The van der Waals surface area contributed by atoms with Crippen LogP contribution in [0.2, 0.25) is 0 Å². The highest BCUT2D eigenvalue weighted by Gasteiger charge is 2.35. The van der Waals surface area contributed by atoms with E-state index in [9.17, 15) is 4.79 Å². The van der Waals surface area contributed by atoms with Crippen molar-refractivity contribution in [1.29, 1.82) is 0 Å². The summed E-state index contributed by atoms with van der Waals surface area (Å²) in [7, 11) is 0. The van der Waals surface area contributed by atoms with Crippen LogP contribution in [0.1, 0.15) is 22.0 Å². The molecule has 2 aromatic heterocycles. The average Bonchev–Trinajstić information content (AvgIpc) is 3.22. The van der Waals surface area contributed by atoms with E-state index in [1.165, 1.54) is 16.9 Å². The molecule has 112 valence electrons. The first kappa shape index (κ1) is 13.5. The fourth-order valence-electron chi connectivity index (χ4n) is 3.09. The molecule has 4 rings (SSSR count). The van der Waals surface area contributed by atoms with Gasteiger partial charge in [0.1, 0.15) is 16.9 Å². The zero-order valence-corrected chi connectivity index (χ0v) is 12.7. The number of thiazole rings is 1. The number of nitrogens with two attached hydrogens (primary N) is 1. The maximum atomic E-state index is 12.8. The minimum Gasteiger partial charge on any atom is -0.335 e. The highest BCUT2D eigenvalue weighted by Crippen LogP contribution is 2.28. The molecule has 0 unspecified atom stereocenters. The smallest absolute Gasteiger partial charge is 0.271 e. The van der Waals surface area contributed by atoms with E-state index in [-0.39, 0.29) is 17.9 Å². The molecule has 6 heteroatoms. The van der Waals surface area contributed by atoms with Crippen LogP contribution in [-0.2, 0) is 0 Å². The van der Waals surface area contributed by atoms with Crippen LogP contribution in [0, 0.1) is 0 Å². The lowest BCUT2D eigenvalue weighted by molar-refractivity contribution is 0.0782. The van der Waals surface area contributed by atoms with E-state index < -0.39 is 0 Å². The van der Waals surface area contributed by atoms with Crippen LogP contribution in [0.4, 0.5) is 0 Å². The zero-order chi connectivity index (χ0) is 15.1. The zero-order valence-electron chi connectivity index (χ0n) is 11.9. The van der Waals surface area contributed by atoms with Crippen molar-refractivity contribution in [1.82, 2.24) is 14.3 Å².